The molecule has 0 bridgehead atoms. The second-order valence-corrected chi connectivity index (χ2v) is 11.8. The Bertz CT molecular complexity index is 345. The van der Waals surface area contributed by atoms with Gasteiger partial charge in [-0.2, -0.15) is 0 Å². The van der Waals surface area contributed by atoms with E-state index in [0.29, 0.717) is 6.61 Å². The van der Waals surface area contributed by atoms with E-state index in [9.17, 15) is 4.79 Å². The molecule has 0 aromatic rings. The van der Waals surface area contributed by atoms with E-state index in [4.69, 9.17) is 13.9 Å². The first kappa shape index (κ1) is 20.5. The molecule has 0 aliphatic heterocycles. The summed E-state index contributed by atoms with van der Waals surface area (Å²) < 4.78 is 16.3. The lowest BCUT2D eigenvalue weighted by Crippen LogP contribution is -2.40. The molecule has 0 fully saturated rings. The highest BCUT2D eigenvalue weighted by Crippen LogP contribution is 2.36. The molecule has 0 saturated carbocycles. The van der Waals surface area contributed by atoms with Crippen molar-refractivity contribution in [1.29, 1.82) is 0 Å². The van der Waals surface area contributed by atoms with E-state index < -0.39 is 14.4 Å². The Morgan fingerprint density at radius 1 is 1.29 bits per heavy atom. The van der Waals surface area contributed by atoms with Crippen LogP contribution in [0.1, 0.15) is 34.6 Å². The van der Waals surface area contributed by atoms with Crippen LogP contribution in [0, 0.1) is 5.92 Å². The molecule has 0 amide bonds. The third-order valence-corrected chi connectivity index (χ3v) is 8.88. The van der Waals surface area contributed by atoms with E-state index in [1.54, 1.807) is 7.11 Å². The highest BCUT2D eigenvalue weighted by molar-refractivity contribution is 6.74. The summed E-state index contributed by atoms with van der Waals surface area (Å²) >= 11 is 0. The van der Waals surface area contributed by atoms with Crippen LogP contribution < -0.4 is 0 Å². The standard InChI is InChI=1S/C16H32O4Si/c1-13(14(2)15(11-17)19-12-18-6)9-10-20-21(7,8)16(3,4)5/h9,11,14-15H,10,12H2,1-8H3/b13-9-/t14-,15+/m1/s1. The Morgan fingerprint density at radius 2 is 1.86 bits per heavy atom. The molecule has 0 N–H and O–H groups in total. The minimum absolute atomic E-state index is 0.0145. The van der Waals surface area contributed by atoms with Gasteiger partial charge in [0.25, 0.3) is 0 Å². The predicted octanol–water partition coefficient (Wildman–Crippen LogP) is 3.78. The summed E-state index contributed by atoms with van der Waals surface area (Å²) in [5.41, 5.74) is 1.10. The molecule has 0 aliphatic carbocycles. The Balaban J connectivity index is 4.56. The molecule has 2 atom stereocenters. The summed E-state index contributed by atoms with van der Waals surface area (Å²) in [6, 6.07) is 0. The number of rotatable bonds is 9. The summed E-state index contributed by atoms with van der Waals surface area (Å²) in [5.74, 6) is 0.0145. The van der Waals surface area contributed by atoms with E-state index in [1.807, 2.05) is 13.8 Å². The van der Waals surface area contributed by atoms with Gasteiger partial charge in [-0.3, -0.25) is 0 Å². The average molecular weight is 317 g/mol. The van der Waals surface area contributed by atoms with Crippen LogP contribution in [0.25, 0.3) is 0 Å². The van der Waals surface area contributed by atoms with Crippen molar-refractivity contribution in [3.05, 3.63) is 11.6 Å². The van der Waals surface area contributed by atoms with Crippen molar-refractivity contribution >= 4 is 14.6 Å². The van der Waals surface area contributed by atoms with Crippen LogP contribution in [0.15, 0.2) is 11.6 Å². The lowest BCUT2D eigenvalue weighted by molar-refractivity contribution is -0.131. The lowest BCUT2D eigenvalue weighted by atomic mass is 9.97. The molecule has 0 saturated heterocycles. The Morgan fingerprint density at radius 3 is 2.29 bits per heavy atom. The Labute approximate surface area is 131 Å². The third-order valence-electron chi connectivity index (χ3n) is 4.38. The molecule has 0 aromatic carbocycles. The van der Waals surface area contributed by atoms with Gasteiger partial charge in [0.1, 0.15) is 19.2 Å². The number of carbonyl (C=O) groups excluding carboxylic acids is 1. The normalized spacial score (nSPS) is 16.7. The van der Waals surface area contributed by atoms with Crippen molar-refractivity contribution in [3.63, 3.8) is 0 Å². The first-order chi connectivity index (χ1) is 9.56. The van der Waals surface area contributed by atoms with Crippen LogP contribution in [0.5, 0.6) is 0 Å². The highest BCUT2D eigenvalue weighted by Gasteiger charge is 2.36. The molecule has 0 heterocycles. The fraction of sp³-hybridized carbons (Fsp3) is 0.812. The van der Waals surface area contributed by atoms with Crippen LogP contribution in [-0.2, 0) is 18.7 Å². The summed E-state index contributed by atoms with van der Waals surface area (Å²) in [5, 5.41) is 0.202. The summed E-state index contributed by atoms with van der Waals surface area (Å²) in [7, 11) is -0.184. The topological polar surface area (TPSA) is 44.8 Å². The van der Waals surface area contributed by atoms with Crippen molar-refractivity contribution in [2.24, 2.45) is 5.92 Å². The predicted molar refractivity (Wildman–Crippen MR) is 88.9 cm³/mol. The molecule has 0 radical (unpaired) electrons. The fourth-order valence-corrected chi connectivity index (χ4v) is 2.42. The third kappa shape index (κ3) is 6.87. The van der Waals surface area contributed by atoms with Gasteiger partial charge < -0.3 is 18.7 Å². The van der Waals surface area contributed by atoms with Crippen molar-refractivity contribution in [1.82, 2.24) is 0 Å². The van der Waals surface area contributed by atoms with E-state index in [0.717, 1.165) is 11.9 Å². The molecule has 0 spiro atoms. The van der Waals surface area contributed by atoms with Crippen LogP contribution in [-0.4, -0.2) is 41.2 Å². The molecular formula is C16H32O4Si. The van der Waals surface area contributed by atoms with Crippen LogP contribution in [0.2, 0.25) is 18.1 Å². The minimum Gasteiger partial charge on any atom is -0.413 e. The van der Waals surface area contributed by atoms with Gasteiger partial charge in [0.15, 0.2) is 8.32 Å². The van der Waals surface area contributed by atoms with Crippen LogP contribution in [0.3, 0.4) is 0 Å². The van der Waals surface area contributed by atoms with Crippen molar-refractivity contribution in [3.8, 4) is 0 Å². The zero-order valence-electron chi connectivity index (χ0n) is 14.9. The number of ether oxygens (including phenoxy) is 2. The number of carbonyl (C=O) groups is 1. The van der Waals surface area contributed by atoms with Gasteiger partial charge in [-0.05, 0) is 25.1 Å². The minimum atomic E-state index is -1.73. The summed E-state index contributed by atoms with van der Waals surface area (Å²) in [6.45, 7) is 15.8. The number of aldehydes is 1. The monoisotopic (exact) mass is 316 g/mol. The fourth-order valence-electron chi connectivity index (χ4n) is 1.49. The SMILES string of the molecule is COCO[C@@H](C=O)[C@H](C)/C(C)=C\CO[Si](C)(C)C(C)(C)C. The zero-order chi connectivity index (χ0) is 16.7. The Hall–Kier alpha value is -0.493. The largest absolute Gasteiger partial charge is 0.413 e. The summed E-state index contributed by atoms with van der Waals surface area (Å²) in [6.07, 6.45) is 2.40. The van der Waals surface area contributed by atoms with Gasteiger partial charge in [0, 0.05) is 13.0 Å². The summed E-state index contributed by atoms with van der Waals surface area (Å²) in [4.78, 5) is 11.1. The molecule has 5 heteroatoms. The van der Waals surface area contributed by atoms with Gasteiger partial charge in [-0.1, -0.05) is 39.3 Å². The molecular weight excluding hydrogens is 284 g/mol. The van der Waals surface area contributed by atoms with Crippen LogP contribution in [0.4, 0.5) is 0 Å². The molecule has 0 unspecified atom stereocenters. The van der Waals surface area contributed by atoms with Gasteiger partial charge in [-0.25, -0.2) is 0 Å². The molecule has 4 nitrogen and oxygen atoms in total. The van der Waals surface area contributed by atoms with E-state index >= 15 is 0 Å². The quantitative estimate of drug-likeness (QED) is 0.281. The Kier molecular flexibility index (Phi) is 8.62. The van der Waals surface area contributed by atoms with E-state index in [2.05, 4.69) is 39.9 Å². The highest BCUT2D eigenvalue weighted by atomic mass is 28.4. The molecule has 124 valence electrons. The first-order valence-electron chi connectivity index (χ1n) is 7.43. The second-order valence-electron chi connectivity index (χ2n) is 6.98. The number of methoxy groups -OCH3 is 1. The maximum absolute atomic E-state index is 11.1. The average Bonchev–Trinajstić information content (AvgIpc) is 2.37. The smallest absolute Gasteiger partial charge is 0.192 e. The molecule has 21 heavy (non-hydrogen) atoms. The van der Waals surface area contributed by atoms with Gasteiger partial charge in [-0.15, -0.1) is 0 Å². The van der Waals surface area contributed by atoms with Crippen molar-refractivity contribution in [2.75, 3.05) is 20.5 Å². The molecule has 0 rings (SSSR count). The van der Waals surface area contributed by atoms with Crippen molar-refractivity contribution in [2.45, 2.75) is 58.9 Å². The van der Waals surface area contributed by atoms with Crippen LogP contribution >= 0.6 is 0 Å². The zero-order valence-corrected chi connectivity index (χ0v) is 15.9. The van der Waals surface area contributed by atoms with E-state index in [-0.39, 0.29) is 17.7 Å². The van der Waals surface area contributed by atoms with E-state index in [1.165, 1.54) is 0 Å². The maximum atomic E-state index is 11.1. The van der Waals surface area contributed by atoms with Gasteiger partial charge in [0.05, 0.1) is 6.61 Å². The molecule has 0 aliphatic rings. The molecule has 0 aromatic heterocycles. The van der Waals surface area contributed by atoms with Gasteiger partial charge >= 0.3 is 0 Å². The first-order valence-corrected chi connectivity index (χ1v) is 10.3. The van der Waals surface area contributed by atoms with Gasteiger partial charge in [0.2, 0.25) is 0 Å². The van der Waals surface area contributed by atoms with Crippen molar-refractivity contribution < 1.29 is 18.7 Å². The maximum Gasteiger partial charge on any atom is 0.192 e. The number of hydrogen-bond acceptors (Lipinski definition) is 4. The lowest BCUT2D eigenvalue weighted by Gasteiger charge is -2.35. The second kappa shape index (κ2) is 8.83. The number of hydrogen-bond donors (Lipinski definition) is 0.